The predicted octanol–water partition coefficient (Wildman–Crippen LogP) is 2.11. The molecule has 6 heterocycles. The maximum Gasteiger partial charge on any atom is 0.363 e. The lowest BCUT2D eigenvalue weighted by Gasteiger charge is -2.34. The highest BCUT2D eigenvalue weighted by Crippen LogP contribution is 2.20. The fourth-order valence-electron chi connectivity index (χ4n) is 5.13. The van der Waals surface area contributed by atoms with Crippen LogP contribution in [0.25, 0.3) is 0 Å². The zero-order valence-corrected chi connectivity index (χ0v) is 30.1. The van der Waals surface area contributed by atoms with Gasteiger partial charge in [-0.25, -0.2) is 9.37 Å². The van der Waals surface area contributed by atoms with Gasteiger partial charge in [0.2, 0.25) is 0 Å². The Labute approximate surface area is 306 Å². The first kappa shape index (κ1) is 42.7. The molecule has 3 unspecified atom stereocenters. The van der Waals surface area contributed by atoms with E-state index in [9.17, 15) is 24.6 Å². The molecule has 3 aliphatic heterocycles. The number of nitrogens with one attached hydrogen (secondary N) is 1. The third kappa shape index (κ3) is 15.8. The number of ether oxygens (including phenoxy) is 6. The normalized spacial score (nSPS) is 19.7. The molecule has 3 aromatic heterocycles. The number of hydrogen-bond donors (Lipinski definition) is 2. The van der Waals surface area contributed by atoms with Crippen molar-refractivity contribution in [3.05, 3.63) is 81.0 Å². The van der Waals surface area contributed by atoms with Gasteiger partial charge in [0.25, 0.3) is 0 Å². The van der Waals surface area contributed by atoms with Crippen molar-refractivity contribution >= 4 is 28.8 Å². The summed E-state index contributed by atoms with van der Waals surface area (Å²) >= 11 is 0. The van der Waals surface area contributed by atoms with E-state index in [1.54, 1.807) is 33.6 Å². The SMILES string of the molecule is COCC1CN(c2ccc(N)nc2)CCO1.COCC1CN(c2ccc([N+](=O)[O-])nc2)CCO1.COCC1CNCCO1.O=[N+]([O-])c1ccc(F)cn1. The Hall–Kier alpha value is -4.70. The van der Waals surface area contributed by atoms with Gasteiger partial charge >= 0.3 is 11.6 Å². The fourth-order valence-corrected chi connectivity index (χ4v) is 5.13. The largest absolute Gasteiger partial charge is 0.384 e. The average Bonchev–Trinajstić information content (AvgIpc) is 3.17. The maximum absolute atomic E-state index is 12.1. The molecule has 0 radical (unpaired) electrons. The van der Waals surface area contributed by atoms with E-state index in [0.29, 0.717) is 38.8 Å². The number of anilines is 3. The quantitative estimate of drug-likeness (QED) is 0.224. The van der Waals surface area contributed by atoms with Gasteiger partial charge in [0.15, 0.2) is 18.2 Å². The smallest absolute Gasteiger partial charge is 0.363 e. The Morgan fingerprint density at radius 1 is 0.755 bits per heavy atom. The molecule has 0 amide bonds. The monoisotopic (exact) mass is 749 g/mol. The number of aromatic nitrogens is 3. The summed E-state index contributed by atoms with van der Waals surface area (Å²) in [7, 11) is 5.01. The molecule has 3 N–H and O–H groups in total. The molecule has 0 saturated carbocycles. The van der Waals surface area contributed by atoms with Gasteiger partial charge in [0.1, 0.15) is 5.82 Å². The summed E-state index contributed by atoms with van der Waals surface area (Å²) in [5.41, 5.74) is 7.50. The molecular weight excluding hydrogens is 701 g/mol. The van der Waals surface area contributed by atoms with Crippen LogP contribution in [0.2, 0.25) is 0 Å². The van der Waals surface area contributed by atoms with Crippen molar-refractivity contribution in [2.45, 2.75) is 18.3 Å². The van der Waals surface area contributed by atoms with Gasteiger partial charge in [-0.1, -0.05) is 0 Å². The molecule has 0 spiro atoms. The standard InChI is InChI=1S/C11H15N3O4.C11H17N3O2.C6H13NO2.C5H3FN2O2/c1-17-8-10-7-13(4-5-18-10)9-2-3-11(12-6-9)14(15)16;1-15-8-10-7-14(4-5-16-10)9-2-3-11(12)13-6-9;1-8-5-6-4-7-2-3-9-6;6-4-1-2-5(7-3-4)8(9)10/h2-3,6,10H,4-5,7-8H2,1H3;2-3,6,10H,4-5,7-8H2,1H3,(H2,12,13);6-7H,2-5H2,1H3;1-3H. The van der Waals surface area contributed by atoms with Crippen molar-refractivity contribution in [2.24, 2.45) is 0 Å². The summed E-state index contributed by atoms with van der Waals surface area (Å²) in [6.07, 6.45) is 4.55. The molecule has 3 aromatic rings. The Bertz CT molecular complexity index is 1470. The van der Waals surface area contributed by atoms with Crippen molar-refractivity contribution in [2.75, 3.05) is 116 Å². The summed E-state index contributed by atoms with van der Waals surface area (Å²) in [4.78, 5) is 34.7. The molecule has 0 aromatic carbocycles. The number of rotatable bonds is 10. The van der Waals surface area contributed by atoms with Crippen LogP contribution < -0.4 is 20.9 Å². The van der Waals surface area contributed by atoms with Crippen molar-refractivity contribution in [3.63, 3.8) is 0 Å². The Morgan fingerprint density at radius 3 is 1.66 bits per heavy atom. The first-order valence-electron chi connectivity index (χ1n) is 16.7. The summed E-state index contributed by atoms with van der Waals surface area (Å²) in [5, 5.41) is 23.7. The van der Waals surface area contributed by atoms with Gasteiger partial charge in [-0.2, -0.15) is 0 Å². The maximum atomic E-state index is 12.1. The topological polar surface area (TPSA) is 225 Å². The van der Waals surface area contributed by atoms with E-state index < -0.39 is 15.7 Å². The molecule has 20 heteroatoms. The van der Waals surface area contributed by atoms with E-state index >= 15 is 0 Å². The number of halogens is 1. The van der Waals surface area contributed by atoms with Crippen molar-refractivity contribution in [1.82, 2.24) is 20.3 Å². The third-order valence-corrected chi connectivity index (χ3v) is 7.66. The Kier molecular flexibility index (Phi) is 19.2. The van der Waals surface area contributed by atoms with Crippen LogP contribution in [0.4, 0.5) is 33.2 Å². The molecule has 3 atom stereocenters. The molecule has 292 valence electrons. The van der Waals surface area contributed by atoms with Gasteiger partial charge in [-0.3, -0.25) is 0 Å². The van der Waals surface area contributed by atoms with Crippen molar-refractivity contribution in [3.8, 4) is 0 Å². The second-order valence-electron chi connectivity index (χ2n) is 11.6. The van der Waals surface area contributed by atoms with Crippen LogP contribution in [0.3, 0.4) is 0 Å². The number of nitrogen functional groups attached to an aromatic ring is 1. The molecule has 53 heavy (non-hydrogen) atoms. The van der Waals surface area contributed by atoms with Crippen LogP contribution in [-0.2, 0) is 28.4 Å². The van der Waals surface area contributed by atoms with Crippen LogP contribution in [-0.4, -0.2) is 143 Å². The number of hydrogen-bond acceptors (Lipinski definition) is 17. The second-order valence-corrected chi connectivity index (χ2v) is 11.6. The van der Waals surface area contributed by atoms with E-state index in [1.807, 2.05) is 12.1 Å². The molecule has 6 rings (SSSR count). The molecule has 0 aliphatic carbocycles. The van der Waals surface area contributed by atoms with E-state index in [1.165, 1.54) is 12.3 Å². The molecule has 3 saturated heterocycles. The predicted molar refractivity (Wildman–Crippen MR) is 193 cm³/mol. The average molecular weight is 750 g/mol. The van der Waals surface area contributed by atoms with Gasteiger partial charge in [0, 0.05) is 72.7 Å². The highest BCUT2D eigenvalue weighted by atomic mass is 19.1. The minimum atomic E-state index is -0.681. The summed E-state index contributed by atoms with van der Waals surface area (Å²) in [6.45, 7) is 9.08. The lowest BCUT2D eigenvalue weighted by molar-refractivity contribution is -0.389. The minimum Gasteiger partial charge on any atom is -0.384 e. The van der Waals surface area contributed by atoms with Gasteiger partial charge in [0.05, 0.1) is 75.5 Å². The van der Waals surface area contributed by atoms with Crippen molar-refractivity contribution in [1.29, 1.82) is 0 Å². The molecule has 3 aliphatic rings. The lowest BCUT2D eigenvalue weighted by Crippen LogP contribution is -2.44. The number of morpholine rings is 3. The number of nitro groups is 2. The van der Waals surface area contributed by atoms with E-state index in [2.05, 4.69) is 30.1 Å². The van der Waals surface area contributed by atoms with Crippen LogP contribution >= 0.6 is 0 Å². The molecule has 19 nitrogen and oxygen atoms in total. The number of methoxy groups -OCH3 is 3. The zero-order chi connectivity index (χ0) is 38.4. The zero-order valence-electron chi connectivity index (χ0n) is 30.1. The van der Waals surface area contributed by atoms with Gasteiger partial charge in [-0.15, -0.1) is 0 Å². The van der Waals surface area contributed by atoms with Gasteiger partial charge in [-0.05, 0) is 44.1 Å². The molecular formula is C33H48FN9O10. The van der Waals surface area contributed by atoms with Gasteiger partial charge < -0.3 is 69.5 Å². The van der Waals surface area contributed by atoms with Crippen LogP contribution in [0.1, 0.15) is 0 Å². The Morgan fingerprint density at radius 2 is 1.25 bits per heavy atom. The van der Waals surface area contributed by atoms with Crippen LogP contribution in [0.15, 0.2) is 55.0 Å². The summed E-state index contributed by atoms with van der Waals surface area (Å²) in [5.74, 6) is -0.516. The highest BCUT2D eigenvalue weighted by Gasteiger charge is 2.22. The number of pyridine rings is 3. The number of nitrogens with two attached hydrogens (primary N) is 1. The first-order chi connectivity index (χ1) is 25.6. The molecule has 3 fully saturated rings. The highest BCUT2D eigenvalue weighted by molar-refractivity contribution is 5.48. The Balaban J connectivity index is 0.000000198. The second kappa shape index (κ2) is 23.8. The summed E-state index contributed by atoms with van der Waals surface area (Å²) in [6, 6.07) is 8.92. The third-order valence-electron chi connectivity index (χ3n) is 7.66. The summed E-state index contributed by atoms with van der Waals surface area (Å²) < 4.78 is 43.6. The van der Waals surface area contributed by atoms with E-state index in [4.69, 9.17) is 34.2 Å². The number of nitrogens with zero attached hydrogens (tertiary/aromatic N) is 7. The lowest BCUT2D eigenvalue weighted by atomic mass is 10.2. The van der Waals surface area contributed by atoms with E-state index in [-0.39, 0.29) is 29.9 Å². The molecule has 0 bridgehead atoms. The first-order valence-corrected chi connectivity index (χ1v) is 16.7. The fraction of sp³-hybridized carbons (Fsp3) is 0.545. The van der Waals surface area contributed by atoms with Crippen LogP contribution in [0.5, 0.6) is 0 Å². The minimum absolute atomic E-state index is 0.0268. The van der Waals surface area contributed by atoms with E-state index in [0.717, 1.165) is 75.6 Å². The van der Waals surface area contributed by atoms with Crippen molar-refractivity contribution < 1.29 is 42.7 Å². The van der Waals surface area contributed by atoms with Crippen LogP contribution in [0, 0.1) is 26.0 Å².